The lowest BCUT2D eigenvalue weighted by Gasteiger charge is -2.18. The molecular weight excluding hydrogens is 323 g/mol. The molecule has 2 aromatic heterocycles. The molecule has 3 aromatic rings. The fraction of sp³-hybridized carbons (Fsp3) is 0.294. The standard InChI is InChI=1S/C17H17FN6O/c1-23-10-19-16(22-23)17(25)24-8-6-13-14(7-9-24)20-21-15(13)11-2-4-12(18)5-3-11/h2-5,10H,6-9H2,1H3,(H,20,21). The van der Waals surface area contributed by atoms with Gasteiger partial charge >= 0.3 is 0 Å². The predicted molar refractivity (Wildman–Crippen MR) is 88.3 cm³/mol. The minimum absolute atomic E-state index is 0.165. The second-order valence-corrected chi connectivity index (χ2v) is 6.07. The number of H-pyrrole nitrogens is 1. The quantitative estimate of drug-likeness (QED) is 0.768. The number of nitrogens with zero attached hydrogens (tertiary/aromatic N) is 5. The number of hydrogen-bond donors (Lipinski definition) is 1. The number of halogens is 1. The zero-order valence-corrected chi connectivity index (χ0v) is 13.7. The van der Waals surface area contributed by atoms with Crippen molar-refractivity contribution >= 4 is 5.91 Å². The van der Waals surface area contributed by atoms with Gasteiger partial charge in [0.05, 0.1) is 5.69 Å². The summed E-state index contributed by atoms with van der Waals surface area (Å²) < 4.78 is 14.7. The highest BCUT2D eigenvalue weighted by atomic mass is 19.1. The number of hydrogen-bond acceptors (Lipinski definition) is 4. The van der Waals surface area contributed by atoms with Gasteiger partial charge in [-0.15, -0.1) is 5.10 Å². The van der Waals surface area contributed by atoms with Gasteiger partial charge in [0.2, 0.25) is 5.82 Å². The van der Waals surface area contributed by atoms with Crippen LogP contribution in [0, 0.1) is 5.82 Å². The highest BCUT2D eigenvalue weighted by Gasteiger charge is 2.25. The number of amides is 1. The minimum Gasteiger partial charge on any atom is -0.335 e. The predicted octanol–water partition coefficient (Wildman–Crippen LogP) is 1.59. The zero-order valence-electron chi connectivity index (χ0n) is 13.7. The maximum Gasteiger partial charge on any atom is 0.293 e. The summed E-state index contributed by atoms with van der Waals surface area (Å²) in [6.45, 7) is 1.15. The Labute approximate surface area is 143 Å². The maximum absolute atomic E-state index is 13.1. The Morgan fingerprint density at radius 2 is 1.96 bits per heavy atom. The van der Waals surface area contributed by atoms with Crippen LogP contribution < -0.4 is 0 Å². The highest BCUT2D eigenvalue weighted by Crippen LogP contribution is 2.27. The van der Waals surface area contributed by atoms with Gasteiger partial charge in [0.25, 0.3) is 5.91 Å². The Balaban J connectivity index is 1.56. The Hall–Kier alpha value is -3.03. The number of aryl methyl sites for hydroxylation is 1. The van der Waals surface area contributed by atoms with E-state index in [1.807, 2.05) is 0 Å². The highest BCUT2D eigenvalue weighted by molar-refractivity contribution is 5.90. The molecule has 1 aliphatic rings. The molecule has 1 amide bonds. The third-order valence-electron chi connectivity index (χ3n) is 4.41. The van der Waals surface area contributed by atoms with Crippen molar-refractivity contribution in [2.24, 2.45) is 7.05 Å². The van der Waals surface area contributed by atoms with Gasteiger partial charge in [-0.2, -0.15) is 5.10 Å². The summed E-state index contributed by atoms with van der Waals surface area (Å²) >= 11 is 0. The largest absolute Gasteiger partial charge is 0.335 e. The molecule has 0 saturated carbocycles. The van der Waals surface area contributed by atoms with Crippen molar-refractivity contribution in [1.82, 2.24) is 29.9 Å². The van der Waals surface area contributed by atoms with Crippen LogP contribution in [0.5, 0.6) is 0 Å². The van der Waals surface area contributed by atoms with Gasteiger partial charge in [-0.3, -0.25) is 14.6 Å². The lowest BCUT2D eigenvalue weighted by molar-refractivity contribution is 0.0750. The molecule has 0 saturated heterocycles. The summed E-state index contributed by atoms with van der Waals surface area (Å²) in [5.41, 5.74) is 3.78. The van der Waals surface area contributed by atoms with Crippen molar-refractivity contribution in [3.05, 3.63) is 53.5 Å². The molecule has 1 N–H and O–H groups in total. The number of fused-ring (bicyclic) bond motifs is 1. The average molecular weight is 340 g/mol. The first-order chi connectivity index (χ1) is 12.1. The zero-order chi connectivity index (χ0) is 17.4. The number of rotatable bonds is 2. The first kappa shape index (κ1) is 15.5. The van der Waals surface area contributed by atoms with Crippen LogP contribution in [-0.2, 0) is 19.9 Å². The van der Waals surface area contributed by atoms with Crippen molar-refractivity contribution in [2.75, 3.05) is 13.1 Å². The van der Waals surface area contributed by atoms with E-state index in [4.69, 9.17) is 0 Å². The summed E-state index contributed by atoms with van der Waals surface area (Å²) in [6.07, 6.45) is 2.88. The fourth-order valence-corrected chi connectivity index (χ4v) is 3.11. The van der Waals surface area contributed by atoms with E-state index in [-0.39, 0.29) is 17.5 Å². The Morgan fingerprint density at radius 1 is 1.20 bits per heavy atom. The van der Waals surface area contributed by atoms with Gasteiger partial charge in [-0.05, 0) is 30.7 Å². The van der Waals surface area contributed by atoms with Crippen molar-refractivity contribution < 1.29 is 9.18 Å². The lowest BCUT2D eigenvalue weighted by Crippen LogP contribution is -2.34. The molecule has 0 unspecified atom stereocenters. The number of aromatic amines is 1. The number of aromatic nitrogens is 5. The molecule has 128 valence electrons. The Kier molecular flexibility index (Phi) is 3.79. The summed E-state index contributed by atoms with van der Waals surface area (Å²) in [5.74, 6) is -0.225. The van der Waals surface area contributed by atoms with Crippen molar-refractivity contribution in [3.8, 4) is 11.3 Å². The van der Waals surface area contributed by atoms with Crippen LogP contribution in [-0.4, -0.2) is 48.9 Å². The van der Waals surface area contributed by atoms with E-state index in [1.165, 1.54) is 23.1 Å². The van der Waals surface area contributed by atoms with Crippen molar-refractivity contribution in [2.45, 2.75) is 12.8 Å². The Morgan fingerprint density at radius 3 is 2.68 bits per heavy atom. The molecule has 25 heavy (non-hydrogen) atoms. The smallest absolute Gasteiger partial charge is 0.293 e. The molecular formula is C17H17FN6O. The van der Waals surface area contributed by atoms with Crippen LogP contribution in [0.2, 0.25) is 0 Å². The minimum atomic E-state index is -0.273. The molecule has 1 aliphatic heterocycles. The Bertz CT molecular complexity index is 914. The van der Waals surface area contributed by atoms with Crippen LogP contribution >= 0.6 is 0 Å². The molecule has 0 spiro atoms. The van der Waals surface area contributed by atoms with E-state index in [1.54, 1.807) is 24.1 Å². The molecule has 7 nitrogen and oxygen atoms in total. The van der Waals surface area contributed by atoms with E-state index in [0.717, 1.165) is 22.5 Å². The van der Waals surface area contributed by atoms with Gasteiger partial charge < -0.3 is 4.90 Å². The number of benzene rings is 1. The molecule has 0 bridgehead atoms. The topological polar surface area (TPSA) is 79.7 Å². The second kappa shape index (κ2) is 6.12. The van der Waals surface area contributed by atoms with E-state index in [2.05, 4.69) is 20.3 Å². The first-order valence-electron chi connectivity index (χ1n) is 8.09. The monoisotopic (exact) mass is 340 g/mol. The van der Waals surface area contributed by atoms with Gasteiger partial charge in [0.15, 0.2) is 0 Å². The van der Waals surface area contributed by atoms with Gasteiger partial charge in [-0.25, -0.2) is 9.37 Å². The van der Waals surface area contributed by atoms with Crippen LogP contribution in [0.4, 0.5) is 4.39 Å². The lowest BCUT2D eigenvalue weighted by atomic mass is 10.0. The molecule has 0 fully saturated rings. The normalized spacial score (nSPS) is 14.2. The second-order valence-electron chi connectivity index (χ2n) is 6.07. The number of carbonyl (C=O) groups is 1. The van der Waals surface area contributed by atoms with Gasteiger partial charge in [0.1, 0.15) is 12.1 Å². The number of nitrogens with one attached hydrogen (secondary N) is 1. The molecule has 0 radical (unpaired) electrons. The number of carbonyl (C=O) groups excluding carboxylic acids is 1. The van der Waals surface area contributed by atoms with E-state index < -0.39 is 0 Å². The van der Waals surface area contributed by atoms with Crippen LogP contribution in [0.3, 0.4) is 0 Å². The maximum atomic E-state index is 13.1. The summed E-state index contributed by atoms with van der Waals surface area (Å²) in [7, 11) is 1.73. The third kappa shape index (κ3) is 2.90. The fourth-order valence-electron chi connectivity index (χ4n) is 3.11. The SMILES string of the molecule is Cn1cnc(C(=O)N2CCc3[nH]nc(-c4ccc(F)cc4)c3CC2)n1. The average Bonchev–Trinajstić information content (AvgIpc) is 3.16. The van der Waals surface area contributed by atoms with Crippen molar-refractivity contribution in [1.29, 1.82) is 0 Å². The third-order valence-corrected chi connectivity index (χ3v) is 4.41. The molecule has 1 aromatic carbocycles. The van der Waals surface area contributed by atoms with Crippen molar-refractivity contribution in [3.63, 3.8) is 0 Å². The molecule has 8 heteroatoms. The summed E-state index contributed by atoms with van der Waals surface area (Å²) in [4.78, 5) is 18.3. The summed E-state index contributed by atoms with van der Waals surface area (Å²) in [5, 5.41) is 11.5. The molecule has 0 atom stereocenters. The van der Waals surface area contributed by atoms with Gasteiger partial charge in [-0.1, -0.05) is 0 Å². The molecule has 4 rings (SSSR count). The van der Waals surface area contributed by atoms with E-state index in [9.17, 15) is 9.18 Å². The first-order valence-corrected chi connectivity index (χ1v) is 8.09. The molecule has 0 aliphatic carbocycles. The van der Waals surface area contributed by atoms with Crippen LogP contribution in [0.15, 0.2) is 30.6 Å². The van der Waals surface area contributed by atoms with Crippen LogP contribution in [0.1, 0.15) is 21.9 Å². The molecule has 3 heterocycles. The van der Waals surface area contributed by atoms with Gasteiger partial charge in [0, 0.05) is 43.4 Å². The van der Waals surface area contributed by atoms with E-state index >= 15 is 0 Å². The summed E-state index contributed by atoms with van der Waals surface area (Å²) in [6, 6.07) is 6.29. The van der Waals surface area contributed by atoms with Crippen LogP contribution in [0.25, 0.3) is 11.3 Å². The van der Waals surface area contributed by atoms with E-state index in [0.29, 0.717) is 25.9 Å².